The van der Waals surface area contributed by atoms with Gasteiger partial charge < -0.3 is 4.74 Å². The lowest BCUT2D eigenvalue weighted by Gasteiger charge is -2.37. The van der Waals surface area contributed by atoms with Gasteiger partial charge in [0.05, 0.1) is 16.8 Å². The molecule has 112 valence electrons. The fourth-order valence-corrected chi connectivity index (χ4v) is 3.21. The third-order valence-electron chi connectivity index (χ3n) is 3.21. The summed E-state index contributed by atoms with van der Waals surface area (Å²) in [6, 6.07) is 2.10. The SMILES string of the molecule is CCS(=O)(=O)NC1CC(C)(C)Oc2cc(Cl)c(F)cc21. The zero-order valence-corrected chi connectivity index (χ0v) is 13.1. The van der Waals surface area contributed by atoms with E-state index in [1.54, 1.807) is 6.92 Å². The number of rotatable bonds is 3. The Labute approximate surface area is 123 Å². The third-order valence-corrected chi connectivity index (χ3v) is 4.91. The van der Waals surface area contributed by atoms with Crippen molar-refractivity contribution in [2.75, 3.05) is 5.75 Å². The molecule has 1 aromatic rings. The van der Waals surface area contributed by atoms with Gasteiger partial charge in [0.2, 0.25) is 10.0 Å². The van der Waals surface area contributed by atoms with E-state index < -0.39 is 27.5 Å². The van der Waals surface area contributed by atoms with Crippen LogP contribution in [-0.4, -0.2) is 19.8 Å². The van der Waals surface area contributed by atoms with Crippen LogP contribution in [0.3, 0.4) is 0 Å². The number of ether oxygens (including phenoxy) is 1. The van der Waals surface area contributed by atoms with Crippen molar-refractivity contribution in [3.8, 4) is 5.75 Å². The topological polar surface area (TPSA) is 55.4 Å². The molecule has 1 unspecified atom stereocenters. The van der Waals surface area contributed by atoms with Crippen LogP contribution in [0.15, 0.2) is 12.1 Å². The van der Waals surface area contributed by atoms with Gasteiger partial charge in [0.1, 0.15) is 17.2 Å². The number of nitrogens with one attached hydrogen (secondary N) is 1. The highest BCUT2D eigenvalue weighted by atomic mass is 35.5. The second-order valence-corrected chi connectivity index (χ2v) is 7.89. The van der Waals surface area contributed by atoms with Gasteiger partial charge in [0.25, 0.3) is 0 Å². The average Bonchev–Trinajstić information content (AvgIpc) is 2.30. The number of benzene rings is 1. The van der Waals surface area contributed by atoms with Crippen molar-refractivity contribution in [3.63, 3.8) is 0 Å². The van der Waals surface area contributed by atoms with Crippen LogP contribution in [0.5, 0.6) is 5.75 Å². The predicted octanol–water partition coefficient (Wildman–Crippen LogP) is 3.02. The summed E-state index contributed by atoms with van der Waals surface area (Å²) < 4.78 is 45.5. The van der Waals surface area contributed by atoms with Crippen LogP contribution >= 0.6 is 11.6 Å². The largest absolute Gasteiger partial charge is 0.487 e. The molecule has 0 amide bonds. The first kappa shape index (κ1) is 15.5. The van der Waals surface area contributed by atoms with Crippen LogP contribution in [0.1, 0.15) is 38.8 Å². The van der Waals surface area contributed by atoms with Gasteiger partial charge in [-0.25, -0.2) is 17.5 Å². The standard InChI is InChI=1S/C13H17ClFNO3S/c1-4-20(17,18)16-11-7-13(2,3)19-12-6-9(14)10(15)5-8(11)12/h5-6,11,16H,4,7H2,1-3H3. The highest BCUT2D eigenvalue weighted by Crippen LogP contribution is 2.41. The quantitative estimate of drug-likeness (QED) is 0.931. The van der Waals surface area contributed by atoms with Gasteiger partial charge in [-0.1, -0.05) is 11.6 Å². The van der Waals surface area contributed by atoms with E-state index in [-0.39, 0.29) is 10.8 Å². The average molecular weight is 322 g/mol. The van der Waals surface area contributed by atoms with Crippen molar-refractivity contribution < 1.29 is 17.5 Å². The van der Waals surface area contributed by atoms with Gasteiger partial charge in [0.15, 0.2) is 0 Å². The first-order valence-electron chi connectivity index (χ1n) is 6.31. The van der Waals surface area contributed by atoms with E-state index in [1.165, 1.54) is 12.1 Å². The van der Waals surface area contributed by atoms with Crippen molar-refractivity contribution in [2.24, 2.45) is 0 Å². The Morgan fingerprint density at radius 3 is 2.75 bits per heavy atom. The molecule has 7 heteroatoms. The molecule has 1 aliphatic rings. The molecule has 4 nitrogen and oxygen atoms in total. The number of hydrogen-bond donors (Lipinski definition) is 1. The summed E-state index contributed by atoms with van der Waals surface area (Å²) in [6.07, 6.45) is 0.417. The molecule has 0 saturated carbocycles. The van der Waals surface area contributed by atoms with E-state index in [2.05, 4.69) is 4.72 Å². The second kappa shape index (κ2) is 5.16. The van der Waals surface area contributed by atoms with Crippen molar-refractivity contribution in [1.82, 2.24) is 4.72 Å². The Kier molecular flexibility index (Phi) is 4.01. The van der Waals surface area contributed by atoms with Gasteiger partial charge in [-0.2, -0.15) is 0 Å². The van der Waals surface area contributed by atoms with Crippen LogP contribution in [0.2, 0.25) is 5.02 Å². The van der Waals surface area contributed by atoms with E-state index in [1.807, 2.05) is 13.8 Å². The molecule has 1 aromatic carbocycles. The van der Waals surface area contributed by atoms with E-state index in [4.69, 9.17) is 16.3 Å². The number of sulfonamides is 1. The molecule has 0 radical (unpaired) electrons. The molecular weight excluding hydrogens is 305 g/mol. The predicted molar refractivity (Wildman–Crippen MR) is 76.1 cm³/mol. The van der Waals surface area contributed by atoms with E-state index in [0.29, 0.717) is 17.7 Å². The minimum absolute atomic E-state index is 0.0316. The number of hydrogen-bond acceptors (Lipinski definition) is 3. The van der Waals surface area contributed by atoms with Crippen LogP contribution in [-0.2, 0) is 10.0 Å². The van der Waals surface area contributed by atoms with Crippen LogP contribution in [0.4, 0.5) is 4.39 Å². The normalized spacial score (nSPS) is 21.1. The van der Waals surface area contributed by atoms with Crippen LogP contribution < -0.4 is 9.46 Å². The zero-order chi connectivity index (χ0) is 15.1. The highest BCUT2D eigenvalue weighted by Gasteiger charge is 2.36. The third kappa shape index (κ3) is 3.24. The first-order chi connectivity index (χ1) is 9.13. The molecule has 2 rings (SSSR count). The number of halogens is 2. The zero-order valence-electron chi connectivity index (χ0n) is 11.5. The molecular formula is C13H17ClFNO3S. The van der Waals surface area contributed by atoms with Crippen molar-refractivity contribution in [3.05, 3.63) is 28.5 Å². The maximum atomic E-state index is 13.6. The monoisotopic (exact) mass is 321 g/mol. The summed E-state index contributed by atoms with van der Waals surface area (Å²) in [5.41, 5.74) is -0.0852. The molecule has 0 spiro atoms. The molecule has 1 heterocycles. The minimum atomic E-state index is -3.40. The van der Waals surface area contributed by atoms with Gasteiger partial charge in [0, 0.05) is 18.1 Å². The Bertz CT molecular complexity index is 631. The van der Waals surface area contributed by atoms with Gasteiger partial charge in [-0.15, -0.1) is 0 Å². The maximum absolute atomic E-state index is 13.6. The molecule has 0 aliphatic carbocycles. The fourth-order valence-electron chi connectivity index (χ4n) is 2.25. The Morgan fingerprint density at radius 1 is 1.50 bits per heavy atom. The molecule has 1 N–H and O–H groups in total. The summed E-state index contributed by atoms with van der Waals surface area (Å²) in [6.45, 7) is 5.25. The summed E-state index contributed by atoms with van der Waals surface area (Å²) in [5, 5.41) is -0.0430. The second-order valence-electron chi connectivity index (χ2n) is 5.44. The lowest BCUT2D eigenvalue weighted by molar-refractivity contribution is 0.0699. The highest BCUT2D eigenvalue weighted by molar-refractivity contribution is 7.89. The lowest BCUT2D eigenvalue weighted by Crippen LogP contribution is -2.41. The Morgan fingerprint density at radius 2 is 2.15 bits per heavy atom. The van der Waals surface area contributed by atoms with Crippen LogP contribution in [0, 0.1) is 5.82 Å². The molecule has 1 atom stereocenters. The van der Waals surface area contributed by atoms with Crippen molar-refractivity contribution >= 4 is 21.6 Å². The summed E-state index contributed by atoms with van der Waals surface area (Å²) >= 11 is 5.75. The number of fused-ring (bicyclic) bond motifs is 1. The molecule has 0 saturated heterocycles. The lowest BCUT2D eigenvalue weighted by atomic mass is 9.90. The Hall–Kier alpha value is -0.850. The molecule has 20 heavy (non-hydrogen) atoms. The maximum Gasteiger partial charge on any atom is 0.211 e. The van der Waals surface area contributed by atoms with E-state index in [0.717, 1.165) is 0 Å². The molecule has 0 bridgehead atoms. The van der Waals surface area contributed by atoms with Crippen molar-refractivity contribution in [1.29, 1.82) is 0 Å². The van der Waals surface area contributed by atoms with Gasteiger partial charge >= 0.3 is 0 Å². The smallest absolute Gasteiger partial charge is 0.211 e. The molecule has 0 fully saturated rings. The first-order valence-corrected chi connectivity index (χ1v) is 8.34. The summed E-state index contributed by atoms with van der Waals surface area (Å²) in [7, 11) is -3.40. The van der Waals surface area contributed by atoms with E-state index >= 15 is 0 Å². The van der Waals surface area contributed by atoms with Crippen molar-refractivity contribution in [2.45, 2.75) is 38.8 Å². The molecule has 1 aliphatic heterocycles. The summed E-state index contributed by atoms with van der Waals surface area (Å²) in [4.78, 5) is 0. The molecule has 0 aromatic heterocycles. The Balaban J connectivity index is 2.47. The van der Waals surface area contributed by atoms with Gasteiger partial charge in [-0.3, -0.25) is 0 Å². The summed E-state index contributed by atoms with van der Waals surface area (Å²) in [5.74, 6) is -0.207. The van der Waals surface area contributed by atoms with E-state index in [9.17, 15) is 12.8 Å². The van der Waals surface area contributed by atoms with Crippen LogP contribution in [0.25, 0.3) is 0 Å². The van der Waals surface area contributed by atoms with Gasteiger partial charge in [-0.05, 0) is 26.8 Å². The minimum Gasteiger partial charge on any atom is -0.487 e. The fraction of sp³-hybridized carbons (Fsp3) is 0.538.